The van der Waals surface area contributed by atoms with Gasteiger partial charge in [-0.05, 0) is 26.3 Å². The number of carboxylic acid groups (broad SMARTS) is 1. The van der Waals surface area contributed by atoms with Gasteiger partial charge < -0.3 is 5.11 Å². The minimum Gasteiger partial charge on any atom is -0.481 e. The molecule has 5 nitrogen and oxygen atoms in total. The summed E-state index contributed by atoms with van der Waals surface area (Å²) in [6.45, 7) is 3.01. The fourth-order valence-corrected chi connectivity index (χ4v) is 2.65. The SMILES string of the molecule is CC(c1cnccn1)N1CCCCC1CC(=O)O. The van der Waals surface area contributed by atoms with Gasteiger partial charge in [-0.3, -0.25) is 19.7 Å². The van der Waals surface area contributed by atoms with Gasteiger partial charge in [-0.1, -0.05) is 6.42 Å². The van der Waals surface area contributed by atoms with Crippen molar-refractivity contribution in [1.29, 1.82) is 0 Å². The first-order valence-electron chi connectivity index (χ1n) is 6.42. The maximum Gasteiger partial charge on any atom is 0.304 e. The number of hydrogen-bond acceptors (Lipinski definition) is 4. The molecule has 5 heteroatoms. The monoisotopic (exact) mass is 249 g/mol. The van der Waals surface area contributed by atoms with Gasteiger partial charge in [0.15, 0.2) is 0 Å². The van der Waals surface area contributed by atoms with Crippen LogP contribution in [-0.2, 0) is 4.79 Å². The highest BCUT2D eigenvalue weighted by atomic mass is 16.4. The van der Waals surface area contributed by atoms with E-state index >= 15 is 0 Å². The molecule has 2 rings (SSSR count). The highest BCUT2D eigenvalue weighted by Gasteiger charge is 2.29. The molecule has 1 aliphatic rings. The fraction of sp³-hybridized carbons (Fsp3) is 0.615. The number of carboxylic acids is 1. The minimum atomic E-state index is -0.724. The Labute approximate surface area is 107 Å². The standard InChI is InChI=1S/C13H19N3O2/c1-10(12-9-14-5-6-15-12)16-7-3-2-4-11(16)8-13(17)18/h5-6,9-11H,2-4,7-8H2,1H3,(H,17,18). The lowest BCUT2D eigenvalue weighted by Crippen LogP contribution is -2.42. The lowest BCUT2D eigenvalue weighted by molar-refractivity contribution is -0.139. The van der Waals surface area contributed by atoms with Crippen LogP contribution in [0.3, 0.4) is 0 Å². The second-order valence-corrected chi connectivity index (χ2v) is 4.79. The maximum atomic E-state index is 10.9. The first kappa shape index (κ1) is 13.0. The van der Waals surface area contributed by atoms with Crippen molar-refractivity contribution >= 4 is 5.97 Å². The predicted molar refractivity (Wildman–Crippen MR) is 67.0 cm³/mol. The van der Waals surface area contributed by atoms with Crippen molar-refractivity contribution in [2.24, 2.45) is 0 Å². The van der Waals surface area contributed by atoms with E-state index in [0.717, 1.165) is 31.5 Å². The van der Waals surface area contributed by atoms with Gasteiger partial charge in [0.05, 0.1) is 18.2 Å². The number of hydrogen-bond donors (Lipinski definition) is 1. The first-order chi connectivity index (χ1) is 8.68. The van der Waals surface area contributed by atoms with Crippen LogP contribution in [0.4, 0.5) is 0 Å². The van der Waals surface area contributed by atoms with Crippen molar-refractivity contribution in [2.45, 2.75) is 44.7 Å². The molecule has 1 saturated heterocycles. The Morgan fingerprint density at radius 1 is 1.56 bits per heavy atom. The molecule has 2 atom stereocenters. The lowest BCUT2D eigenvalue weighted by atomic mass is 9.97. The van der Waals surface area contributed by atoms with Crippen LogP contribution in [0.2, 0.25) is 0 Å². The maximum absolute atomic E-state index is 10.9. The van der Waals surface area contributed by atoms with Gasteiger partial charge >= 0.3 is 5.97 Å². The van der Waals surface area contributed by atoms with E-state index in [0.29, 0.717) is 0 Å². The summed E-state index contributed by atoms with van der Waals surface area (Å²) in [4.78, 5) is 21.6. The third-order valence-electron chi connectivity index (χ3n) is 3.59. The van der Waals surface area contributed by atoms with Crippen LogP contribution < -0.4 is 0 Å². The summed E-state index contributed by atoms with van der Waals surface area (Å²) >= 11 is 0. The molecule has 1 aromatic rings. The molecule has 2 heterocycles. The highest BCUT2D eigenvalue weighted by molar-refractivity contribution is 5.67. The van der Waals surface area contributed by atoms with Crippen LogP contribution in [-0.4, -0.2) is 38.5 Å². The third-order valence-corrected chi connectivity index (χ3v) is 3.59. The Morgan fingerprint density at radius 2 is 2.39 bits per heavy atom. The molecule has 0 radical (unpaired) electrons. The zero-order valence-corrected chi connectivity index (χ0v) is 10.6. The molecule has 1 aliphatic heterocycles. The van der Waals surface area contributed by atoms with E-state index in [-0.39, 0.29) is 18.5 Å². The smallest absolute Gasteiger partial charge is 0.304 e. The van der Waals surface area contributed by atoms with Crippen molar-refractivity contribution in [3.8, 4) is 0 Å². The molecule has 0 aliphatic carbocycles. The molecule has 0 bridgehead atoms. The van der Waals surface area contributed by atoms with Crippen molar-refractivity contribution < 1.29 is 9.90 Å². The van der Waals surface area contributed by atoms with Crippen LogP contribution in [0.1, 0.15) is 44.3 Å². The molecule has 0 amide bonds. The van der Waals surface area contributed by atoms with Gasteiger partial charge in [0.2, 0.25) is 0 Å². The topological polar surface area (TPSA) is 66.3 Å². The van der Waals surface area contributed by atoms with Gasteiger partial charge in [-0.15, -0.1) is 0 Å². The van der Waals surface area contributed by atoms with Gasteiger partial charge in [0.25, 0.3) is 0 Å². The second-order valence-electron chi connectivity index (χ2n) is 4.79. The Bertz CT molecular complexity index is 396. The Morgan fingerprint density at radius 3 is 3.06 bits per heavy atom. The third kappa shape index (κ3) is 3.04. The quantitative estimate of drug-likeness (QED) is 0.882. The van der Waals surface area contributed by atoms with E-state index in [1.165, 1.54) is 0 Å². The van der Waals surface area contributed by atoms with Gasteiger partial charge in [0, 0.05) is 24.6 Å². The Hall–Kier alpha value is -1.49. The molecule has 1 aromatic heterocycles. The van der Waals surface area contributed by atoms with Crippen molar-refractivity contribution in [2.75, 3.05) is 6.54 Å². The van der Waals surface area contributed by atoms with Crippen LogP contribution in [0.5, 0.6) is 0 Å². The molecule has 1 N–H and O–H groups in total. The second kappa shape index (κ2) is 5.91. The molecule has 0 spiro atoms. The number of piperidine rings is 1. The van der Waals surface area contributed by atoms with E-state index in [1.807, 2.05) is 0 Å². The summed E-state index contributed by atoms with van der Waals surface area (Å²) in [6, 6.07) is 0.247. The molecule has 18 heavy (non-hydrogen) atoms. The molecule has 0 aromatic carbocycles. The average molecular weight is 249 g/mol. The minimum absolute atomic E-state index is 0.119. The number of aliphatic carboxylic acids is 1. The first-order valence-corrected chi connectivity index (χ1v) is 6.42. The molecule has 1 fully saturated rings. The van der Waals surface area contributed by atoms with E-state index < -0.39 is 5.97 Å². The van der Waals surface area contributed by atoms with Crippen molar-refractivity contribution in [3.05, 3.63) is 24.3 Å². The molecular formula is C13H19N3O2. The number of likely N-dealkylation sites (tertiary alicyclic amines) is 1. The zero-order chi connectivity index (χ0) is 13.0. The molecule has 2 unspecified atom stereocenters. The molecule has 0 saturated carbocycles. The zero-order valence-electron chi connectivity index (χ0n) is 10.6. The predicted octanol–water partition coefficient (Wildman–Crippen LogP) is 1.87. The Balaban J connectivity index is 2.11. The largest absolute Gasteiger partial charge is 0.481 e. The van der Waals surface area contributed by atoms with E-state index in [1.54, 1.807) is 18.6 Å². The summed E-state index contributed by atoms with van der Waals surface area (Å²) in [5.41, 5.74) is 0.912. The highest BCUT2D eigenvalue weighted by Crippen LogP contribution is 2.28. The van der Waals surface area contributed by atoms with E-state index in [9.17, 15) is 4.79 Å². The number of rotatable bonds is 4. The summed E-state index contributed by atoms with van der Waals surface area (Å²) in [5.74, 6) is -0.724. The van der Waals surface area contributed by atoms with E-state index in [2.05, 4.69) is 21.8 Å². The fourth-order valence-electron chi connectivity index (χ4n) is 2.65. The van der Waals surface area contributed by atoms with E-state index in [4.69, 9.17) is 5.11 Å². The molecular weight excluding hydrogens is 230 g/mol. The van der Waals surface area contributed by atoms with Crippen molar-refractivity contribution in [1.82, 2.24) is 14.9 Å². The summed E-state index contributed by atoms with van der Waals surface area (Å²) in [7, 11) is 0. The Kier molecular flexibility index (Phi) is 4.25. The van der Waals surface area contributed by atoms with Crippen LogP contribution >= 0.6 is 0 Å². The number of carbonyl (C=O) groups is 1. The van der Waals surface area contributed by atoms with Crippen molar-refractivity contribution in [3.63, 3.8) is 0 Å². The summed E-state index contributed by atoms with van der Waals surface area (Å²) in [6.07, 6.45) is 8.50. The average Bonchev–Trinajstić information content (AvgIpc) is 2.39. The summed E-state index contributed by atoms with van der Waals surface area (Å²) in [5, 5.41) is 8.98. The number of aromatic nitrogens is 2. The van der Waals surface area contributed by atoms with Crippen LogP contribution in [0.15, 0.2) is 18.6 Å². The van der Waals surface area contributed by atoms with Gasteiger partial charge in [-0.2, -0.15) is 0 Å². The lowest BCUT2D eigenvalue weighted by Gasteiger charge is -2.38. The number of nitrogens with zero attached hydrogens (tertiary/aromatic N) is 3. The van der Waals surface area contributed by atoms with Gasteiger partial charge in [-0.25, -0.2) is 0 Å². The van der Waals surface area contributed by atoms with Gasteiger partial charge in [0.1, 0.15) is 0 Å². The van der Waals surface area contributed by atoms with Crippen LogP contribution in [0, 0.1) is 0 Å². The normalized spacial score (nSPS) is 22.6. The van der Waals surface area contributed by atoms with Crippen LogP contribution in [0.25, 0.3) is 0 Å². The summed E-state index contributed by atoms with van der Waals surface area (Å²) < 4.78 is 0. The molecule has 98 valence electrons.